The first-order valence-electron chi connectivity index (χ1n) is 12.3. The van der Waals surface area contributed by atoms with Crippen molar-refractivity contribution in [1.29, 1.82) is 0 Å². The molecule has 4 rings (SSSR count). The third-order valence-corrected chi connectivity index (χ3v) is 6.64. The van der Waals surface area contributed by atoms with Gasteiger partial charge in [0.1, 0.15) is 54.2 Å². The summed E-state index contributed by atoms with van der Waals surface area (Å²) in [5.74, 6) is 0.273. The minimum absolute atomic E-state index is 0.267. The van der Waals surface area contributed by atoms with Crippen LogP contribution < -0.4 is 14.8 Å². The third-order valence-electron chi connectivity index (χ3n) is 6.64. The number of nitrogens with one attached hydrogen (secondary N) is 1. The Morgan fingerprint density at radius 3 is 2.03 bits per heavy atom. The van der Waals surface area contributed by atoms with Crippen LogP contribution in [0, 0.1) is 0 Å². The second-order valence-electron chi connectivity index (χ2n) is 9.17. The quantitative estimate of drug-likeness (QED) is 0.184. The van der Waals surface area contributed by atoms with E-state index in [0.717, 1.165) is 0 Å². The molecule has 1 amide bonds. The number of hydrogen-bond donors (Lipinski definition) is 7. The Morgan fingerprint density at radius 1 is 0.795 bits per heavy atom. The van der Waals surface area contributed by atoms with Gasteiger partial charge >= 0.3 is 0 Å². The van der Waals surface area contributed by atoms with Crippen LogP contribution in [0.25, 0.3) is 0 Å². The van der Waals surface area contributed by atoms with Crippen LogP contribution in [-0.2, 0) is 14.2 Å². The molecule has 2 aliphatic rings. The van der Waals surface area contributed by atoms with Gasteiger partial charge in [-0.25, -0.2) is 0 Å². The van der Waals surface area contributed by atoms with Crippen molar-refractivity contribution in [1.82, 2.24) is 5.32 Å². The van der Waals surface area contributed by atoms with E-state index in [9.17, 15) is 35.4 Å². The maximum atomic E-state index is 12.7. The zero-order chi connectivity index (χ0) is 28.1. The van der Waals surface area contributed by atoms with Crippen LogP contribution >= 0.6 is 0 Å². The molecule has 2 fully saturated rings. The molecule has 0 aromatic heterocycles. The summed E-state index contributed by atoms with van der Waals surface area (Å²) >= 11 is 0. The average Bonchev–Trinajstić information content (AvgIpc) is 2.96. The minimum Gasteiger partial charge on any atom is -0.497 e. The van der Waals surface area contributed by atoms with Crippen molar-refractivity contribution < 1.29 is 59.1 Å². The van der Waals surface area contributed by atoms with Crippen molar-refractivity contribution in [3.05, 3.63) is 60.2 Å². The van der Waals surface area contributed by atoms with E-state index in [1.807, 2.05) is 0 Å². The van der Waals surface area contributed by atoms with Crippen molar-refractivity contribution >= 4 is 5.91 Å². The summed E-state index contributed by atoms with van der Waals surface area (Å²) in [7, 11) is 1.50. The number of methoxy groups -OCH3 is 1. The number of carbonyl (C=O) groups is 1. The maximum absolute atomic E-state index is 12.7. The van der Waals surface area contributed by atoms with Gasteiger partial charge < -0.3 is 59.6 Å². The van der Waals surface area contributed by atoms with Crippen LogP contribution in [0.3, 0.4) is 0 Å². The van der Waals surface area contributed by atoms with Gasteiger partial charge in [-0.05, 0) is 36.4 Å². The molecule has 2 aromatic rings. The summed E-state index contributed by atoms with van der Waals surface area (Å²) in [5, 5.41) is 65.3. The Hall–Kier alpha value is -2.85. The van der Waals surface area contributed by atoms with Gasteiger partial charge in [0.2, 0.25) is 6.29 Å². The number of benzene rings is 2. The highest BCUT2D eigenvalue weighted by molar-refractivity contribution is 5.94. The minimum atomic E-state index is -1.67. The Kier molecular flexibility index (Phi) is 9.71. The van der Waals surface area contributed by atoms with Gasteiger partial charge in [0.15, 0.2) is 6.29 Å². The molecule has 2 heterocycles. The molecule has 0 aliphatic carbocycles. The van der Waals surface area contributed by atoms with Crippen LogP contribution in [0.15, 0.2) is 54.6 Å². The lowest BCUT2D eigenvalue weighted by Gasteiger charge is -2.46. The number of amides is 1. The Labute approximate surface area is 224 Å². The summed E-state index contributed by atoms with van der Waals surface area (Å²) in [6, 6.07) is 13.1. The number of hydrogen-bond acceptors (Lipinski definition) is 12. The number of aliphatic hydroxyl groups is 6. The van der Waals surface area contributed by atoms with Crippen molar-refractivity contribution in [3.63, 3.8) is 0 Å². The van der Waals surface area contributed by atoms with Crippen molar-refractivity contribution in [2.24, 2.45) is 0 Å². The summed E-state index contributed by atoms with van der Waals surface area (Å²) in [4.78, 5) is 12.7. The number of carbonyl (C=O) groups excluding carboxylic acids is 1. The Bertz CT molecular complexity index is 1050. The first kappa shape index (κ1) is 29.1. The zero-order valence-corrected chi connectivity index (χ0v) is 21.0. The largest absolute Gasteiger partial charge is 0.497 e. The van der Waals surface area contributed by atoms with Crippen LogP contribution in [0.1, 0.15) is 10.4 Å². The van der Waals surface area contributed by atoms with Crippen LogP contribution in [0.4, 0.5) is 0 Å². The first-order valence-corrected chi connectivity index (χ1v) is 12.3. The Morgan fingerprint density at radius 2 is 1.41 bits per heavy atom. The van der Waals surface area contributed by atoms with Gasteiger partial charge in [0, 0.05) is 5.56 Å². The Balaban J connectivity index is 1.47. The van der Waals surface area contributed by atoms with E-state index in [4.69, 9.17) is 23.7 Å². The maximum Gasteiger partial charge on any atom is 0.251 e. The second-order valence-corrected chi connectivity index (χ2v) is 9.17. The molecule has 0 bridgehead atoms. The molecule has 0 spiro atoms. The van der Waals surface area contributed by atoms with Gasteiger partial charge in [0.05, 0.1) is 26.4 Å². The van der Waals surface area contributed by atoms with E-state index in [-0.39, 0.29) is 5.56 Å². The van der Waals surface area contributed by atoms with E-state index < -0.39 is 80.5 Å². The van der Waals surface area contributed by atoms with E-state index in [1.165, 1.54) is 19.2 Å². The predicted octanol–water partition coefficient (Wildman–Crippen LogP) is -1.86. The molecular formula is C26H33NO12. The van der Waals surface area contributed by atoms with Crippen molar-refractivity contribution in [3.8, 4) is 11.5 Å². The summed E-state index contributed by atoms with van der Waals surface area (Å²) in [6.45, 7) is -1.35. The lowest BCUT2D eigenvalue weighted by atomic mass is 9.94. The van der Waals surface area contributed by atoms with Crippen molar-refractivity contribution in [2.45, 2.75) is 61.3 Å². The monoisotopic (exact) mass is 551 g/mol. The van der Waals surface area contributed by atoms with Crippen molar-refractivity contribution in [2.75, 3.05) is 20.3 Å². The fraction of sp³-hybridized carbons (Fsp3) is 0.500. The second kappa shape index (κ2) is 13.0. The third kappa shape index (κ3) is 6.49. The standard InChI is InChI=1S/C26H33NO12/c1-35-14-7-9-15(10-8-14)36-26-22(33)21(32)23(17(12-29)38-26)39-25-20(31)18(19(30)16(11-28)37-25)27-24(34)13-5-3-2-4-6-13/h2-10,16-23,25-26,28-33H,11-12H2,1H3,(H,27,34)/t16-,17-,18+,19+,20-,21-,22-,23+,25-,26-/m1/s1. The highest BCUT2D eigenvalue weighted by Gasteiger charge is 2.51. The lowest BCUT2D eigenvalue weighted by molar-refractivity contribution is -0.343. The van der Waals surface area contributed by atoms with E-state index in [0.29, 0.717) is 11.5 Å². The summed E-state index contributed by atoms with van der Waals surface area (Å²) in [5.41, 5.74) is 0.267. The SMILES string of the molecule is COc1ccc(O[C@@H]2O[C@H](CO)[C@H](O[C@H]3O[C@H](CO)[C@H](O)[C@H](NC(=O)c4ccccc4)[C@H]3O)[C@H](O)[C@H]2O)cc1. The fourth-order valence-corrected chi connectivity index (χ4v) is 4.46. The summed E-state index contributed by atoms with van der Waals surface area (Å²) < 4.78 is 27.6. The first-order chi connectivity index (χ1) is 18.8. The fourth-order valence-electron chi connectivity index (χ4n) is 4.46. The molecule has 2 aliphatic heterocycles. The molecule has 0 unspecified atom stereocenters. The zero-order valence-electron chi connectivity index (χ0n) is 21.0. The van der Waals surface area contributed by atoms with Crippen LogP contribution in [0.5, 0.6) is 11.5 Å². The highest BCUT2D eigenvalue weighted by atomic mass is 16.7. The van der Waals surface area contributed by atoms with Gasteiger partial charge in [-0.15, -0.1) is 0 Å². The molecule has 0 saturated carbocycles. The van der Waals surface area contributed by atoms with Gasteiger partial charge in [0.25, 0.3) is 5.91 Å². The summed E-state index contributed by atoms with van der Waals surface area (Å²) in [6.07, 6.45) is -13.4. The van der Waals surface area contributed by atoms with Gasteiger partial charge in [-0.2, -0.15) is 0 Å². The molecule has 214 valence electrons. The van der Waals surface area contributed by atoms with E-state index in [2.05, 4.69) is 5.32 Å². The topological polar surface area (TPSA) is 197 Å². The molecule has 2 aromatic carbocycles. The highest BCUT2D eigenvalue weighted by Crippen LogP contribution is 2.30. The van der Waals surface area contributed by atoms with E-state index >= 15 is 0 Å². The molecule has 2 saturated heterocycles. The molecule has 39 heavy (non-hydrogen) atoms. The average molecular weight is 552 g/mol. The number of ether oxygens (including phenoxy) is 5. The van der Waals surface area contributed by atoms with Crippen LogP contribution in [0.2, 0.25) is 0 Å². The molecule has 0 radical (unpaired) electrons. The number of aliphatic hydroxyl groups excluding tert-OH is 6. The smallest absolute Gasteiger partial charge is 0.251 e. The predicted molar refractivity (Wildman–Crippen MR) is 132 cm³/mol. The van der Waals surface area contributed by atoms with Gasteiger partial charge in [-0.3, -0.25) is 4.79 Å². The normalized spacial score (nSPS) is 34.7. The molecule has 10 atom stereocenters. The lowest BCUT2D eigenvalue weighted by Crippen LogP contribution is -2.67. The van der Waals surface area contributed by atoms with Gasteiger partial charge in [-0.1, -0.05) is 18.2 Å². The molecule has 7 N–H and O–H groups in total. The molecule has 13 heteroatoms. The number of rotatable bonds is 9. The van der Waals surface area contributed by atoms with E-state index in [1.54, 1.807) is 42.5 Å². The molecular weight excluding hydrogens is 518 g/mol. The van der Waals surface area contributed by atoms with Crippen LogP contribution in [-0.4, -0.2) is 118 Å². The molecule has 13 nitrogen and oxygen atoms in total.